The van der Waals surface area contributed by atoms with Gasteiger partial charge in [-0.2, -0.15) is 8.78 Å². The maximum absolute atomic E-state index is 13.4. The highest BCUT2D eigenvalue weighted by Crippen LogP contribution is 2.40. The van der Waals surface area contributed by atoms with Gasteiger partial charge >= 0.3 is 12.6 Å². The number of nitrogens with zero attached hydrogens (tertiary/aromatic N) is 2. The van der Waals surface area contributed by atoms with E-state index >= 15 is 0 Å². The van der Waals surface area contributed by atoms with Gasteiger partial charge in [-0.15, -0.1) is 0 Å². The number of alkyl halides is 2. The van der Waals surface area contributed by atoms with E-state index in [0.717, 1.165) is 38.5 Å². The average molecular weight is 613 g/mol. The summed E-state index contributed by atoms with van der Waals surface area (Å²) in [5.41, 5.74) is 0.487. The van der Waals surface area contributed by atoms with E-state index in [1.165, 1.54) is 13.2 Å². The van der Waals surface area contributed by atoms with E-state index in [9.17, 15) is 18.4 Å². The van der Waals surface area contributed by atoms with Crippen LogP contribution in [0, 0.1) is 0 Å². The number of hydrogen-bond acceptors (Lipinski definition) is 8. The maximum Gasteiger partial charge on any atom is 0.387 e. The van der Waals surface area contributed by atoms with E-state index < -0.39 is 23.7 Å². The van der Waals surface area contributed by atoms with Crippen molar-refractivity contribution in [1.82, 2.24) is 20.0 Å². The summed E-state index contributed by atoms with van der Waals surface area (Å²) in [5, 5.41) is 6.28. The van der Waals surface area contributed by atoms with Gasteiger partial charge in [0.25, 0.3) is 5.91 Å². The second-order valence-electron chi connectivity index (χ2n) is 12.9. The summed E-state index contributed by atoms with van der Waals surface area (Å²) in [6, 6.07) is 6.88. The predicted molar refractivity (Wildman–Crippen MR) is 157 cm³/mol. The Balaban J connectivity index is 1.18. The molecule has 2 bridgehead atoms. The summed E-state index contributed by atoms with van der Waals surface area (Å²) in [6.45, 7) is 2.52. The molecule has 2 N–H and O–H groups in total. The van der Waals surface area contributed by atoms with Crippen molar-refractivity contribution in [2.75, 3.05) is 7.11 Å². The van der Waals surface area contributed by atoms with Crippen molar-refractivity contribution in [3.63, 3.8) is 0 Å². The normalized spacial score (nSPS) is 23.3. The molecule has 236 valence electrons. The summed E-state index contributed by atoms with van der Waals surface area (Å²) in [4.78, 5) is 30.2. The van der Waals surface area contributed by atoms with E-state index in [2.05, 4.69) is 15.6 Å². The first-order chi connectivity index (χ1) is 20.9. The smallest absolute Gasteiger partial charge is 0.387 e. The monoisotopic (exact) mass is 612 g/mol. The van der Waals surface area contributed by atoms with Crippen LogP contribution in [-0.2, 0) is 9.53 Å². The van der Waals surface area contributed by atoms with Gasteiger partial charge in [-0.3, -0.25) is 19.3 Å². The van der Waals surface area contributed by atoms with Crippen LogP contribution in [-0.4, -0.2) is 64.3 Å². The van der Waals surface area contributed by atoms with Gasteiger partial charge in [-0.1, -0.05) is 0 Å². The Morgan fingerprint density at radius 1 is 1.16 bits per heavy atom. The van der Waals surface area contributed by atoms with Crippen molar-refractivity contribution < 1.29 is 37.3 Å². The molecular formula is C32H38F2N4O6. The fraction of sp³-hybridized carbons (Fsp3) is 0.531. The zero-order chi connectivity index (χ0) is 31.2. The number of benzene rings is 1. The molecule has 2 aromatic heterocycles. The van der Waals surface area contributed by atoms with Gasteiger partial charge < -0.3 is 24.3 Å². The fourth-order valence-electron chi connectivity index (χ4n) is 6.14. The molecule has 10 nitrogen and oxygen atoms in total. The second kappa shape index (κ2) is 11.5. The molecule has 1 amide bonds. The Bertz CT molecular complexity index is 1550. The molecule has 1 aromatic carbocycles. The second-order valence-corrected chi connectivity index (χ2v) is 12.9. The van der Waals surface area contributed by atoms with Crippen LogP contribution in [0.2, 0.25) is 0 Å². The molecular weight excluding hydrogens is 574 g/mol. The number of imidazole rings is 1. The number of pyridine rings is 1. The van der Waals surface area contributed by atoms with Crippen LogP contribution >= 0.6 is 0 Å². The molecule has 2 unspecified atom stereocenters. The number of methoxy groups -OCH3 is 1. The van der Waals surface area contributed by atoms with Gasteiger partial charge in [0.1, 0.15) is 45.7 Å². The Labute approximate surface area is 254 Å². The third-order valence-corrected chi connectivity index (χ3v) is 8.27. The molecule has 2 aliphatic carbocycles. The SMILES string of the molecule is COc1cc(-c2cnc3cc(OC4CCCC5(C(=O)OC(C)(C)C)C[C@H](C4)N5)ccn23)cc(OC(F)F)c1C(=O)NC1CC1. The first-order valence-corrected chi connectivity index (χ1v) is 15.1. The lowest BCUT2D eigenvalue weighted by Gasteiger charge is -2.50. The average Bonchev–Trinajstić information content (AvgIpc) is 3.62. The molecule has 4 aliphatic rings. The van der Waals surface area contributed by atoms with E-state index in [0.29, 0.717) is 29.1 Å². The quantitative estimate of drug-likeness (QED) is 0.315. The molecule has 44 heavy (non-hydrogen) atoms. The van der Waals surface area contributed by atoms with E-state index in [-0.39, 0.29) is 41.2 Å². The lowest BCUT2D eigenvalue weighted by Crippen LogP contribution is -2.70. The maximum atomic E-state index is 13.4. The van der Waals surface area contributed by atoms with Gasteiger partial charge in [0, 0.05) is 29.9 Å². The van der Waals surface area contributed by atoms with E-state index in [4.69, 9.17) is 18.9 Å². The van der Waals surface area contributed by atoms with Crippen LogP contribution in [0.3, 0.4) is 0 Å². The summed E-state index contributed by atoms with van der Waals surface area (Å²) < 4.78 is 50.8. The van der Waals surface area contributed by atoms with Gasteiger partial charge in [0.05, 0.1) is 19.0 Å². The number of ether oxygens (including phenoxy) is 4. The number of amides is 1. The molecule has 3 atom stereocenters. The minimum absolute atomic E-state index is 0.0275. The van der Waals surface area contributed by atoms with Gasteiger partial charge in [0.2, 0.25) is 0 Å². The van der Waals surface area contributed by atoms with Crippen molar-refractivity contribution in [3.05, 3.63) is 42.2 Å². The minimum atomic E-state index is -3.12. The van der Waals surface area contributed by atoms with Crippen LogP contribution in [0.4, 0.5) is 8.78 Å². The largest absolute Gasteiger partial charge is 0.496 e. The molecule has 7 rings (SSSR count). The fourth-order valence-corrected chi connectivity index (χ4v) is 6.14. The Morgan fingerprint density at radius 2 is 1.91 bits per heavy atom. The van der Waals surface area contributed by atoms with Gasteiger partial charge in [-0.25, -0.2) is 4.98 Å². The lowest BCUT2D eigenvalue weighted by atomic mass is 9.73. The highest BCUT2D eigenvalue weighted by Gasteiger charge is 2.52. The number of nitrogens with one attached hydrogen (secondary N) is 2. The lowest BCUT2D eigenvalue weighted by molar-refractivity contribution is -0.170. The molecule has 2 saturated carbocycles. The number of fused-ring (bicyclic) bond motifs is 5. The standard InChI is InChI=1S/C32H38F2N4O6/c1-31(2,3)44-29(40)32-10-5-6-21(14-20(16-32)37-32)42-22-9-11-38-23(17-35-26(38)15-22)18-12-24(41-4)27(25(13-18)43-30(33)34)28(39)36-19-7-8-19/h9,11-13,15,17,19-21,30,37H,5-8,10,14,16H2,1-4H3,(H,36,39)/t20-,21?,32?/m0/s1. The highest BCUT2D eigenvalue weighted by molar-refractivity contribution is 6.01. The number of rotatable bonds is 9. The third-order valence-electron chi connectivity index (χ3n) is 8.27. The van der Waals surface area contributed by atoms with Crippen molar-refractivity contribution in [1.29, 1.82) is 0 Å². The zero-order valence-electron chi connectivity index (χ0n) is 25.3. The number of halogens is 2. The molecule has 4 heterocycles. The number of carbonyl (C=O) groups excluding carboxylic acids is 2. The van der Waals surface area contributed by atoms with Crippen LogP contribution in [0.15, 0.2) is 36.7 Å². The van der Waals surface area contributed by atoms with E-state index in [1.54, 1.807) is 22.9 Å². The number of esters is 1. The van der Waals surface area contributed by atoms with E-state index in [1.807, 2.05) is 32.9 Å². The first-order valence-electron chi connectivity index (χ1n) is 15.1. The number of aromatic nitrogens is 2. The molecule has 0 radical (unpaired) electrons. The molecule has 12 heteroatoms. The summed E-state index contributed by atoms with van der Waals surface area (Å²) in [6.07, 6.45) is 8.90. The Morgan fingerprint density at radius 3 is 2.59 bits per heavy atom. The molecule has 0 spiro atoms. The number of carbonyl (C=O) groups is 2. The predicted octanol–water partition coefficient (Wildman–Crippen LogP) is 5.27. The topological polar surface area (TPSA) is 112 Å². The van der Waals surface area contributed by atoms with Crippen LogP contribution in [0.5, 0.6) is 17.2 Å². The molecule has 2 aliphatic heterocycles. The van der Waals surface area contributed by atoms with Crippen molar-refractivity contribution in [2.24, 2.45) is 0 Å². The summed E-state index contributed by atoms with van der Waals surface area (Å²) in [5.74, 6) is -0.191. The summed E-state index contributed by atoms with van der Waals surface area (Å²) >= 11 is 0. The Hall–Kier alpha value is -3.93. The van der Waals surface area contributed by atoms with Crippen LogP contribution in [0.1, 0.15) is 76.1 Å². The summed E-state index contributed by atoms with van der Waals surface area (Å²) in [7, 11) is 1.38. The van der Waals surface area contributed by atoms with Crippen LogP contribution in [0.25, 0.3) is 16.9 Å². The van der Waals surface area contributed by atoms with Gasteiger partial charge in [-0.05, 0) is 83.9 Å². The van der Waals surface area contributed by atoms with Crippen molar-refractivity contribution >= 4 is 17.5 Å². The van der Waals surface area contributed by atoms with Crippen molar-refractivity contribution in [2.45, 2.75) is 102 Å². The minimum Gasteiger partial charge on any atom is -0.496 e. The molecule has 2 saturated heterocycles. The third kappa shape index (κ3) is 6.31. The Kier molecular flexibility index (Phi) is 7.89. The van der Waals surface area contributed by atoms with Gasteiger partial charge in [0.15, 0.2) is 0 Å². The molecule has 3 aromatic rings. The van der Waals surface area contributed by atoms with Crippen LogP contribution < -0.4 is 24.8 Å². The first kappa shape index (κ1) is 30.1. The highest BCUT2D eigenvalue weighted by atomic mass is 19.3. The zero-order valence-corrected chi connectivity index (χ0v) is 25.3. The van der Waals surface area contributed by atoms with Crippen molar-refractivity contribution in [3.8, 4) is 28.5 Å². The number of hydrogen-bond donors (Lipinski definition) is 2. The molecule has 4 fully saturated rings.